The first-order valence-corrected chi connectivity index (χ1v) is 9.53. The lowest BCUT2D eigenvalue weighted by Crippen LogP contribution is -2.41. The molecule has 1 heterocycles. The summed E-state index contributed by atoms with van der Waals surface area (Å²) in [4.78, 5) is 64.0. The lowest BCUT2D eigenvalue weighted by molar-refractivity contribution is -0.142. The smallest absolute Gasteiger partial charge is 0.347 e. The van der Waals surface area contributed by atoms with E-state index in [-0.39, 0.29) is 5.69 Å². The van der Waals surface area contributed by atoms with Crippen LogP contribution in [-0.4, -0.2) is 52.4 Å². The van der Waals surface area contributed by atoms with Gasteiger partial charge in [0.25, 0.3) is 0 Å². The minimum absolute atomic E-state index is 0.176. The van der Waals surface area contributed by atoms with Crippen molar-refractivity contribution in [2.24, 2.45) is 0 Å². The van der Waals surface area contributed by atoms with Crippen molar-refractivity contribution in [3.63, 3.8) is 0 Å². The molecule has 1 aromatic heterocycles. The highest BCUT2D eigenvalue weighted by molar-refractivity contribution is 7.55. The van der Waals surface area contributed by atoms with Crippen LogP contribution in [0.15, 0.2) is 18.3 Å². The van der Waals surface area contributed by atoms with E-state index >= 15 is 0 Å². The molecule has 0 fully saturated rings. The van der Waals surface area contributed by atoms with E-state index in [0.29, 0.717) is 0 Å². The third kappa shape index (κ3) is 3.89. The quantitative estimate of drug-likeness (QED) is 0.342. The number of carboxylic acid groups (broad SMARTS) is 2. The number of aryl methyl sites for hydroxylation is 1. The standard InChI is InChI=1S/C11H15NO10P2/c1-6-4-7(2-3-12-6)11(10(15)16,24(20,21)22)5-8(9(13)14)23(17,18)19/h2-4,8H,5H2,1H3,(H,13,14)(H,15,16)(H2,17,18,19)(H2,20,21,22). The Labute approximate surface area is 135 Å². The topological polar surface area (TPSA) is 203 Å². The Balaban J connectivity index is 3.73. The predicted octanol–water partition coefficient (Wildman–Crippen LogP) is -0.131. The molecule has 0 radical (unpaired) electrons. The molecule has 1 aromatic rings. The summed E-state index contributed by atoms with van der Waals surface area (Å²) < 4.78 is 23.3. The zero-order valence-corrected chi connectivity index (χ0v) is 14.0. The second-order valence-corrected chi connectivity index (χ2v) is 8.70. The molecule has 134 valence electrons. The van der Waals surface area contributed by atoms with E-state index < -0.39 is 49.9 Å². The van der Waals surface area contributed by atoms with Crippen LogP contribution in [-0.2, 0) is 23.9 Å². The molecule has 1 rings (SSSR count). The normalized spacial score (nSPS) is 16.2. The van der Waals surface area contributed by atoms with Gasteiger partial charge in [-0.05, 0) is 24.6 Å². The summed E-state index contributed by atoms with van der Waals surface area (Å²) >= 11 is 0. The molecule has 0 amide bonds. The molecule has 2 unspecified atom stereocenters. The summed E-state index contributed by atoms with van der Waals surface area (Å²) in [7, 11) is -11.0. The molecule has 0 aliphatic rings. The van der Waals surface area contributed by atoms with Gasteiger partial charge >= 0.3 is 27.1 Å². The van der Waals surface area contributed by atoms with Gasteiger partial charge in [-0.1, -0.05) is 0 Å². The molecule has 13 heteroatoms. The molecule has 0 saturated carbocycles. The van der Waals surface area contributed by atoms with Crippen molar-refractivity contribution >= 4 is 27.1 Å². The first-order chi connectivity index (χ1) is 10.7. The fourth-order valence-corrected chi connectivity index (χ4v) is 4.26. The highest BCUT2D eigenvalue weighted by Crippen LogP contribution is 2.62. The summed E-state index contributed by atoms with van der Waals surface area (Å²) in [6, 6.07) is 1.95. The van der Waals surface area contributed by atoms with Gasteiger partial charge in [-0.2, -0.15) is 0 Å². The zero-order chi connectivity index (χ0) is 18.9. The van der Waals surface area contributed by atoms with Gasteiger partial charge in [0.1, 0.15) is 0 Å². The van der Waals surface area contributed by atoms with Crippen LogP contribution < -0.4 is 0 Å². The largest absolute Gasteiger partial charge is 0.481 e. The van der Waals surface area contributed by atoms with E-state index in [1.54, 1.807) is 0 Å². The maximum absolute atomic E-state index is 11.9. The molecule has 0 bridgehead atoms. The minimum Gasteiger partial charge on any atom is -0.481 e. The van der Waals surface area contributed by atoms with Crippen molar-refractivity contribution in [2.75, 3.05) is 0 Å². The van der Waals surface area contributed by atoms with Gasteiger partial charge in [0.2, 0.25) is 0 Å². The lowest BCUT2D eigenvalue weighted by Gasteiger charge is -2.32. The molecule has 2 atom stereocenters. The Bertz CT molecular complexity index is 753. The second-order valence-electron chi connectivity index (χ2n) is 5.04. The number of rotatable bonds is 7. The molecular formula is C11H15NO10P2. The summed E-state index contributed by atoms with van der Waals surface area (Å²) in [6.45, 7) is 1.40. The summed E-state index contributed by atoms with van der Waals surface area (Å²) in [5.74, 6) is -4.19. The molecule has 6 N–H and O–H groups in total. The maximum Gasteiger partial charge on any atom is 0.347 e. The van der Waals surface area contributed by atoms with Crippen LogP contribution in [0.3, 0.4) is 0 Å². The first-order valence-electron chi connectivity index (χ1n) is 6.23. The monoisotopic (exact) mass is 383 g/mol. The molecule has 0 spiro atoms. The maximum atomic E-state index is 11.9. The number of carbonyl (C=O) groups is 2. The number of pyridine rings is 1. The highest BCUT2D eigenvalue weighted by atomic mass is 31.2. The Morgan fingerprint density at radius 2 is 1.75 bits per heavy atom. The third-order valence-electron chi connectivity index (χ3n) is 3.41. The predicted molar refractivity (Wildman–Crippen MR) is 78.4 cm³/mol. The van der Waals surface area contributed by atoms with E-state index in [9.17, 15) is 33.6 Å². The average Bonchev–Trinajstić information content (AvgIpc) is 2.35. The van der Waals surface area contributed by atoms with Crippen LogP contribution in [0.4, 0.5) is 0 Å². The number of hydrogen-bond acceptors (Lipinski definition) is 5. The van der Waals surface area contributed by atoms with E-state index in [0.717, 1.165) is 18.3 Å². The zero-order valence-electron chi connectivity index (χ0n) is 12.2. The van der Waals surface area contributed by atoms with Crippen LogP contribution >= 0.6 is 15.2 Å². The molecular weight excluding hydrogens is 368 g/mol. The molecule has 0 aliphatic heterocycles. The van der Waals surface area contributed by atoms with Gasteiger partial charge in [-0.3, -0.25) is 23.7 Å². The number of aliphatic carboxylic acids is 2. The molecule has 24 heavy (non-hydrogen) atoms. The van der Waals surface area contributed by atoms with Crippen molar-refractivity contribution in [3.05, 3.63) is 29.6 Å². The van der Waals surface area contributed by atoms with Crippen LogP contribution in [0.2, 0.25) is 0 Å². The van der Waals surface area contributed by atoms with Crippen LogP contribution in [0.5, 0.6) is 0 Å². The van der Waals surface area contributed by atoms with Crippen molar-refractivity contribution < 1.29 is 48.5 Å². The van der Waals surface area contributed by atoms with Crippen molar-refractivity contribution in [1.29, 1.82) is 0 Å². The summed E-state index contributed by atoms with van der Waals surface area (Å²) in [6.07, 6.45) is -0.457. The van der Waals surface area contributed by atoms with Crippen LogP contribution in [0.25, 0.3) is 0 Å². The Morgan fingerprint density at radius 1 is 1.21 bits per heavy atom. The van der Waals surface area contributed by atoms with Gasteiger partial charge in [-0.25, -0.2) is 0 Å². The van der Waals surface area contributed by atoms with E-state index in [2.05, 4.69) is 4.98 Å². The Morgan fingerprint density at radius 3 is 2.08 bits per heavy atom. The van der Waals surface area contributed by atoms with E-state index in [4.69, 9.17) is 14.9 Å². The Kier molecular flexibility index (Phi) is 5.72. The van der Waals surface area contributed by atoms with Gasteiger partial charge < -0.3 is 29.8 Å². The highest BCUT2D eigenvalue weighted by Gasteiger charge is 2.59. The van der Waals surface area contributed by atoms with Gasteiger partial charge in [-0.15, -0.1) is 0 Å². The number of aromatic nitrogens is 1. The fourth-order valence-electron chi connectivity index (χ4n) is 2.17. The Hall–Kier alpha value is -1.61. The van der Waals surface area contributed by atoms with Crippen LogP contribution in [0, 0.1) is 6.92 Å². The second kappa shape index (κ2) is 6.72. The van der Waals surface area contributed by atoms with Crippen molar-refractivity contribution in [2.45, 2.75) is 24.2 Å². The lowest BCUT2D eigenvalue weighted by atomic mass is 9.93. The SMILES string of the molecule is Cc1cc(C(CC(C(=O)O)P(=O)(O)O)(C(=O)O)P(=O)(O)O)ccn1. The van der Waals surface area contributed by atoms with Crippen molar-refractivity contribution in [3.8, 4) is 0 Å². The summed E-state index contributed by atoms with van der Waals surface area (Å²) in [5, 5.41) is 15.3. The summed E-state index contributed by atoms with van der Waals surface area (Å²) in [5.41, 5.74) is -2.94. The molecule has 0 aliphatic carbocycles. The van der Waals surface area contributed by atoms with Crippen LogP contribution in [0.1, 0.15) is 17.7 Å². The van der Waals surface area contributed by atoms with E-state index in [1.165, 1.54) is 6.92 Å². The van der Waals surface area contributed by atoms with E-state index in [1.807, 2.05) is 0 Å². The molecule has 0 saturated heterocycles. The van der Waals surface area contributed by atoms with Gasteiger partial charge in [0.05, 0.1) is 0 Å². The molecule has 0 aromatic carbocycles. The minimum atomic E-state index is -5.60. The molecule has 11 nitrogen and oxygen atoms in total. The number of nitrogens with zero attached hydrogens (tertiary/aromatic N) is 1. The number of hydrogen-bond donors (Lipinski definition) is 6. The van der Waals surface area contributed by atoms with Crippen molar-refractivity contribution in [1.82, 2.24) is 4.98 Å². The van der Waals surface area contributed by atoms with Gasteiger partial charge in [0.15, 0.2) is 10.8 Å². The fraction of sp³-hybridized carbons (Fsp3) is 0.364. The number of carboxylic acids is 2. The average molecular weight is 383 g/mol. The third-order valence-corrected chi connectivity index (χ3v) is 6.25. The first kappa shape index (κ1) is 20.4. The van der Waals surface area contributed by atoms with Gasteiger partial charge in [0, 0.05) is 18.3 Å².